The molecule has 0 radical (unpaired) electrons. The van der Waals surface area contributed by atoms with Crippen molar-refractivity contribution in [3.05, 3.63) is 28.3 Å². The third-order valence-corrected chi connectivity index (χ3v) is 5.29. The van der Waals surface area contributed by atoms with Crippen molar-refractivity contribution < 1.29 is 4.79 Å². The number of rotatable bonds is 6. The highest BCUT2D eigenvalue weighted by atomic mass is 35.5. The molecule has 0 bridgehead atoms. The van der Waals surface area contributed by atoms with Gasteiger partial charge < -0.3 is 10.2 Å². The first-order chi connectivity index (χ1) is 10.7. The predicted molar refractivity (Wildman–Crippen MR) is 98.8 cm³/mol. The number of nitrogens with zero attached hydrogens (tertiary/aromatic N) is 1. The van der Waals surface area contributed by atoms with E-state index in [1.54, 1.807) is 0 Å². The molecule has 0 aliphatic heterocycles. The van der Waals surface area contributed by atoms with Crippen molar-refractivity contribution in [2.24, 2.45) is 0 Å². The largest absolute Gasteiger partial charge is 0.326 e. The van der Waals surface area contributed by atoms with Crippen LogP contribution < -0.4 is 5.32 Å². The van der Waals surface area contributed by atoms with E-state index >= 15 is 0 Å². The van der Waals surface area contributed by atoms with Crippen molar-refractivity contribution in [1.29, 1.82) is 0 Å². The quantitative estimate of drug-likeness (QED) is 0.858. The van der Waals surface area contributed by atoms with E-state index in [-0.39, 0.29) is 18.3 Å². The Hall–Kier alpha value is -1.06. The van der Waals surface area contributed by atoms with Crippen LogP contribution in [0.15, 0.2) is 6.07 Å². The molecule has 1 aromatic rings. The van der Waals surface area contributed by atoms with Crippen molar-refractivity contribution in [2.45, 2.75) is 58.8 Å². The average molecular weight is 337 g/mol. The zero-order valence-corrected chi connectivity index (χ0v) is 15.2. The zero-order chi connectivity index (χ0) is 15.5. The highest BCUT2D eigenvalue weighted by Gasteiger charge is 2.24. The van der Waals surface area contributed by atoms with Crippen LogP contribution in [0, 0.1) is 0 Å². The van der Waals surface area contributed by atoms with Gasteiger partial charge in [-0.2, -0.15) is 0 Å². The van der Waals surface area contributed by atoms with Gasteiger partial charge in [-0.3, -0.25) is 4.79 Å². The second-order valence-corrected chi connectivity index (χ2v) is 6.56. The molecule has 2 aliphatic carbocycles. The molecule has 0 aromatic heterocycles. The minimum absolute atomic E-state index is 0. The van der Waals surface area contributed by atoms with Crippen LogP contribution >= 0.6 is 12.4 Å². The van der Waals surface area contributed by atoms with Gasteiger partial charge in [0.1, 0.15) is 0 Å². The Morgan fingerprint density at radius 2 is 1.61 bits per heavy atom. The molecule has 0 heterocycles. The molecule has 2 aliphatic rings. The summed E-state index contributed by atoms with van der Waals surface area (Å²) in [7, 11) is 0. The smallest absolute Gasteiger partial charge is 0.225 e. The van der Waals surface area contributed by atoms with Crippen LogP contribution in [0.2, 0.25) is 0 Å². The topological polar surface area (TPSA) is 32.3 Å². The summed E-state index contributed by atoms with van der Waals surface area (Å²) in [6.45, 7) is 7.19. The lowest BCUT2D eigenvalue weighted by Crippen LogP contribution is -2.27. The summed E-state index contributed by atoms with van der Waals surface area (Å²) in [4.78, 5) is 14.7. The second kappa shape index (κ2) is 8.16. The number of fused-ring (bicyclic) bond motifs is 2. The number of aryl methyl sites for hydroxylation is 2. The fourth-order valence-corrected chi connectivity index (χ4v) is 3.97. The number of amides is 1. The van der Waals surface area contributed by atoms with E-state index in [1.165, 1.54) is 53.6 Å². The SMILES string of the molecule is CCN(CC)CCC(=O)Nc1c2c(cc3c1CCC3)CCC2.Cl. The minimum atomic E-state index is 0. The molecule has 128 valence electrons. The molecular formula is C19H29ClN2O. The van der Waals surface area contributed by atoms with E-state index in [0.717, 1.165) is 32.5 Å². The van der Waals surface area contributed by atoms with E-state index in [0.29, 0.717) is 6.42 Å². The van der Waals surface area contributed by atoms with Crippen LogP contribution in [0.1, 0.15) is 55.4 Å². The Morgan fingerprint density at radius 3 is 2.13 bits per heavy atom. The van der Waals surface area contributed by atoms with Crippen LogP contribution in [0.3, 0.4) is 0 Å². The number of hydrogen-bond donors (Lipinski definition) is 1. The molecule has 3 rings (SSSR count). The number of halogens is 1. The third kappa shape index (κ3) is 3.89. The molecule has 23 heavy (non-hydrogen) atoms. The first-order valence-corrected chi connectivity index (χ1v) is 8.91. The maximum atomic E-state index is 12.4. The van der Waals surface area contributed by atoms with Crippen LogP contribution in [-0.2, 0) is 30.5 Å². The van der Waals surface area contributed by atoms with Crippen LogP contribution in [0.25, 0.3) is 0 Å². The molecule has 0 saturated heterocycles. The Kier molecular flexibility index (Phi) is 6.49. The summed E-state index contributed by atoms with van der Waals surface area (Å²) < 4.78 is 0. The van der Waals surface area contributed by atoms with Gasteiger partial charge in [0.25, 0.3) is 0 Å². The van der Waals surface area contributed by atoms with E-state index < -0.39 is 0 Å². The van der Waals surface area contributed by atoms with E-state index in [9.17, 15) is 4.79 Å². The predicted octanol–water partition coefficient (Wildman–Crippen LogP) is 3.76. The van der Waals surface area contributed by atoms with E-state index in [1.807, 2.05) is 0 Å². The third-order valence-electron chi connectivity index (χ3n) is 5.29. The van der Waals surface area contributed by atoms with Crippen molar-refractivity contribution in [3.63, 3.8) is 0 Å². The molecule has 0 unspecified atom stereocenters. The first-order valence-electron chi connectivity index (χ1n) is 8.91. The number of carbonyl (C=O) groups excluding carboxylic acids is 1. The number of hydrogen-bond acceptors (Lipinski definition) is 2. The molecule has 3 nitrogen and oxygen atoms in total. The molecule has 0 atom stereocenters. The summed E-state index contributed by atoms with van der Waals surface area (Å²) >= 11 is 0. The average Bonchev–Trinajstić information content (AvgIpc) is 3.16. The van der Waals surface area contributed by atoms with Gasteiger partial charge in [0.2, 0.25) is 5.91 Å². The van der Waals surface area contributed by atoms with Gasteiger partial charge in [0.15, 0.2) is 0 Å². The number of carbonyl (C=O) groups is 1. The molecule has 0 spiro atoms. The van der Waals surface area contributed by atoms with Crippen LogP contribution in [0.5, 0.6) is 0 Å². The van der Waals surface area contributed by atoms with E-state index in [2.05, 4.69) is 30.1 Å². The summed E-state index contributed by atoms with van der Waals surface area (Å²) in [5.74, 6) is 0.182. The van der Waals surface area contributed by atoms with Gasteiger partial charge in [0, 0.05) is 18.7 Å². The fraction of sp³-hybridized carbons (Fsp3) is 0.632. The summed E-state index contributed by atoms with van der Waals surface area (Å²) in [5, 5.41) is 3.28. The minimum Gasteiger partial charge on any atom is -0.326 e. The fourth-order valence-electron chi connectivity index (χ4n) is 3.97. The highest BCUT2D eigenvalue weighted by Crippen LogP contribution is 2.38. The van der Waals surface area contributed by atoms with Crippen molar-refractivity contribution in [3.8, 4) is 0 Å². The molecule has 4 heteroatoms. The second-order valence-electron chi connectivity index (χ2n) is 6.56. The van der Waals surface area contributed by atoms with Gasteiger partial charge in [-0.05, 0) is 73.9 Å². The van der Waals surface area contributed by atoms with Gasteiger partial charge >= 0.3 is 0 Å². The lowest BCUT2D eigenvalue weighted by molar-refractivity contribution is -0.116. The normalized spacial score (nSPS) is 15.3. The maximum Gasteiger partial charge on any atom is 0.225 e. The summed E-state index contributed by atoms with van der Waals surface area (Å²) in [5.41, 5.74) is 7.01. The van der Waals surface area contributed by atoms with Gasteiger partial charge in [-0.25, -0.2) is 0 Å². The standard InChI is InChI=1S/C19H28N2O.ClH/c1-3-21(4-2)12-11-18(22)20-19-16-9-5-7-14(16)13-15-8-6-10-17(15)19;/h13H,3-12H2,1-2H3,(H,20,22);1H. The van der Waals surface area contributed by atoms with Gasteiger partial charge in [0.05, 0.1) is 0 Å². The first kappa shape index (κ1) is 18.3. The van der Waals surface area contributed by atoms with Crippen molar-refractivity contribution in [2.75, 3.05) is 25.0 Å². The highest BCUT2D eigenvalue weighted by molar-refractivity contribution is 5.93. The van der Waals surface area contributed by atoms with Crippen molar-refractivity contribution >= 4 is 24.0 Å². The number of anilines is 1. The Labute approximate surface area is 146 Å². The summed E-state index contributed by atoms with van der Waals surface area (Å²) in [6.07, 6.45) is 7.71. The van der Waals surface area contributed by atoms with E-state index in [4.69, 9.17) is 0 Å². The zero-order valence-electron chi connectivity index (χ0n) is 14.4. The van der Waals surface area contributed by atoms with Crippen LogP contribution in [0.4, 0.5) is 5.69 Å². The lowest BCUT2D eigenvalue weighted by Gasteiger charge is -2.19. The van der Waals surface area contributed by atoms with Crippen LogP contribution in [-0.4, -0.2) is 30.4 Å². The Bertz CT molecular complexity index is 535. The molecule has 0 fully saturated rings. The molecule has 0 saturated carbocycles. The Morgan fingerprint density at radius 1 is 1.04 bits per heavy atom. The Balaban J connectivity index is 0.00000192. The molecule has 1 N–H and O–H groups in total. The summed E-state index contributed by atoms with van der Waals surface area (Å²) in [6, 6.07) is 2.41. The number of benzene rings is 1. The monoisotopic (exact) mass is 336 g/mol. The van der Waals surface area contributed by atoms with Gasteiger partial charge in [-0.15, -0.1) is 12.4 Å². The molecular weight excluding hydrogens is 308 g/mol. The molecule has 1 aromatic carbocycles. The molecule has 1 amide bonds. The maximum absolute atomic E-state index is 12.4. The number of nitrogens with one attached hydrogen (secondary N) is 1. The van der Waals surface area contributed by atoms with Crippen molar-refractivity contribution in [1.82, 2.24) is 4.90 Å². The van der Waals surface area contributed by atoms with Gasteiger partial charge in [-0.1, -0.05) is 19.9 Å². The lowest BCUT2D eigenvalue weighted by atomic mass is 9.98.